The molecule has 1 rings (SSSR count). The van der Waals surface area contributed by atoms with Crippen molar-refractivity contribution in [2.24, 2.45) is 5.92 Å². The molecule has 0 aliphatic heterocycles. The number of hydrogen-bond donors (Lipinski definition) is 3. The van der Waals surface area contributed by atoms with Crippen molar-refractivity contribution in [1.29, 1.82) is 0 Å². The Morgan fingerprint density at radius 3 is 2.52 bits per heavy atom. The van der Waals surface area contributed by atoms with Crippen LogP contribution in [-0.2, 0) is 14.3 Å². The van der Waals surface area contributed by atoms with Gasteiger partial charge < -0.3 is 20.5 Å². The zero-order valence-corrected chi connectivity index (χ0v) is 14.5. The lowest BCUT2D eigenvalue weighted by Crippen LogP contribution is -2.41. The molecule has 0 aliphatic rings. The van der Waals surface area contributed by atoms with Gasteiger partial charge in [-0.1, -0.05) is 13.8 Å². The van der Waals surface area contributed by atoms with Gasteiger partial charge in [0.1, 0.15) is 17.6 Å². The average molecular weight is 342 g/mol. The highest BCUT2D eigenvalue weighted by atomic mass is 32.1. The molecule has 0 radical (unpaired) electrons. The van der Waals surface area contributed by atoms with E-state index in [0.717, 1.165) is 4.88 Å². The van der Waals surface area contributed by atoms with Crippen molar-refractivity contribution in [3.63, 3.8) is 0 Å². The number of thiophene rings is 1. The van der Waals surface area contributed by atoms with E-state index in [0.29, 0.717) is 11.4 Å². The number of aryl methyl sites for hydroxylation is 1. The number of ether oxygens (including phenoxy) is 1. The summed E-state index contributed by atoms with van der Waals surface area (Å²) >= 11 is 1.25. The molecular weight excluding hydrogens is 320 g/mol. The number of hydrogen-bond acceptors (Lipinski definition) is 5. The number of nitrogens with one attached hydrogen (secondary N) is 2. The lowest BCUT2D eigenvalue weighted by atomic mass is 10.0. The molecule has 7 nitrogen and oxygen atoms in total. The van der Waals surface area contributed by atoms with Crippen molar-refractivity contribution in [2.45, 2.75) is 33.2 Å². The second kappa shape index (κ2) is 8.64. The third kappa shape index (κ3) is 5.99. The third-order valence-corrected chi connectivity index (χ3v) is 3.90. The Balaban J connectivity index is 2.90. The summed E-state index contributed by atoms with van der Waals surface area (Å²) in [6.07, 6.45) is 0.329. The monoisotopic (exact) mass is 342 g/mol. The minimum atomic E-state index is -1.08. The number of anilines is 1. The van der Waals surface area contributed by atoms with Crippen LogP contribution in [0.25, 0.3) is 0 Å². The number of carbonyl (C=O) groups is 3. The Hall–Kier alpha value is -1.93. The predicted octanol–water partition coefficient (Wildman–Crippen LogP) is 1.87. The number of amides is 2. The minimum Gasteiger partial charge on any atom is -0.480 e. The van der Waals surface area contributed by atoms with E-state index in [1.807, 2.05) is 13.8 Å². The number of aliphatic carboxylic acids is 1. The number of methoxy groups -OCH3 is 1. The van der Waals surface area contributed by atoms with E-state index in [1.54, 1.807) is 13.0 Å². The molecule has 1 unspecified atom stereocenters. The molecule has 1 aromatic rings. The first-order valence-electron chi connectivity index (χ1n) is 7.17. The molecule has 0 aromatic carbocycles. The normalized spacial score (nSPS) is 12.0. The quantitative estimate of drug-likeness (QED) is 0.669. The molecular formula is C15H22N2O5S. The topological polar surface area (TPSA) is 105 Å². The highest BCUT2D eigenvalue weighted by molar-refractivity contribution is 7.16. The second-order valence-corrected chi connectivity index (χ2v) is 6.83. The van der Waals surface area contributed by atoms with Crippen LogP contribution < -0.4 is 10.6 Å². The first-order valence-corrected chi connectivity index (χ1v) is 7.99. The van der Waals surface area contributed by atoms with Crippen LogP contribution in [-0.4, -0.2) is 42.6 Å². The van der Waals surface area contributed by atoms with E-state index < -0.39 is 17.9 Å². The zero-order chi connectivity index (χ0) is 17.6. The Morgan fingerprint density at radius 2 is 2.00 bits per heavy atom. The number of carbonyl (C=O) groups excluding carboxylic acids is 2. The predicted molar refractivity (Wildman–Crippen MR) is 87.9 cm³/mol. The summed E-state index contributed by atoms with van der Waals surface area (Å²) in [5, 5.41) is 14.7. The Bertz CT molecular complexity index is 582. The molecule has 3 N–H and O–H groups in total. The fourth-order valence-electron chi connectivity index (χ4n) is 2.00. The molecule has 0 bridgehead atoms. The van der Waals surface area contributed by atoms with Crippen LogP contribution in [0.3, 0.4) is 0 Å². The van der Waals surface area contributed by atoms with Crippen molar-refractivity contribution in [2.75, 3.05) is 19.0 Å². The molecule has 2 amide bonds. The van der Waals surface area contributed by atoms with Crippen molar-refractivity contribution in [3.05, 3.63) is 16.5 Å². The largest absolute Gasteiger partial charge is 0.480 e. The maximum absolute atomic E-state index is 12.4. The van der Waals surface area contributed by atoms with Crippen LogP contribution in [0.2, 0.25) is 0 Å². The van der Waals surface area contributed by atoms with Crippen LogP contribution >= 0.6 is 11.3 Å². The molecule has 0 aliphatic carbocycles. The molecule has 1 atom stereocenters. The minimum absolute atomic E-state index is 0.122. The summed E-state index contributed by atoms with van der Waals surface area (Å²) in [6, 6.07) is 0.654. The number of carboxylic acids is 1. The van der Waals surface area contributed by atoms with E-state index >= 15 is 0 Å². The fraction of sp³-hybridized carbons (Fsp3) is 0.533. The van der Waals surface area contributed by atoms with E-state index in [4.69, 9.17) is 4.74 Å². The van der Waals surface area contributed by atoms with Gasteiger partial charge >= 0.3 is 5.97 Å². The second-order valence-electron chi connectivity index (χ2n) is 5.57. The Labute approximate surface area is 139 Å². The van der Waals surface area contributed by atoms with E-state index in [9.17, 15) is 19.5 Å². The van der Waals surface area contributed by atoms with Gasteiger partial charge in [0.15, 0.2) is 0 Å². The van der Waals surface area contributed by atoms with E-state index in [1.165, 1.54) is 18.4 Å². The van der Waals surface area contributed by atoms with Gasteiger partial charge in [0.25, 0.3) is 11.8 Å². The lowest BCUT2D eigenvalue weighted by molar-refractivity contribution is -0.139. The number of carboxylic acid groups (broad SMARTS) is 1. The maximum atomic E-state index is 12.4. The molecule has 1 aromatic heterocycles. The van der Waals surface area contributed by atoms with Gasteiger partial charge in [-0.3, -0.25) is 9.59 Å². The lowest BCUT2D eigenvalue weighted by Gasteiger charge is -2.16. The first kappa shape index (κ1) is 19.1. The first-order chi connectivity index (χ1) is 10.7. The van der Waals surface area contributed by atoms with Crippen LogP contribution in [0.4, 0.5) is 5.00 Å². The van der Waals surface area contributed by atoms with Gasteiger partial charge in [0.05, 0.1) is 5.56 Å². The van der Waals surface area contributed by atoms with Crippen LogP contribution in [0, 0.1) is 12.8 Å². The summed E-state index contributed by atoms with van der Waals surface area (Å²) in [5.74, 6) is -1.85. The molecule has 8 heteroatoms. The zero-order valence-electron chi connectivity index (χ0n) is 13.6. The fourth-order valence-corrected chi connectivity index (χ4v) is 2.92. The Morgan fingerprint density at radius 1 is 1.35 bits per heavy atom. The molecule has 0 fully saturated rings. The number of rotatable bonds is 8. The average Bonchev–Trinajstić information content (AvgIpc) is 2.78. The Kier molecular flexibility index (Phi) is 7.18. The van der Waals surface area contributed by atoms with Crippen LogP contribution in [0.5, 0.6) is 0 Å². The summed E-state index contributed by atoms with van der Waals surface area (Å²) in [6.45, 7) is 5.44. The summed E-state index contributed by atoms with van der Waals surface area (Å²) in [5.41, 5.74) is 0.256. The van der Waals surface area contributed by atoms with Crippen molar-refractivity contribution >= 4 is 34.1 Å². The molecule has 1 heterocycles. The van der Waals surface area contributed by atoms with Gasteiger partial charge in [-0.25, -0.2) is 4.79 Å². The van der Waals surface area contributed by atoms with Gasteiger partial charge in [0.2, 0.25) is 0 Å². The molecule has 0 saturated heterocycles. The molecule has 0 saturated carbocycles. The summed E-state index contributed by atoms with van der Waals surface area (Å²) < 4.78 is 4.74. The third-order valence-electron chi connectivity index (χ3n) is 2.94. The van der Waals surface area contributed by atoms with Crippen molar-refractivity contribution < 1.29 is 24.2 Å². The smallest absolute Gasteiger partial charge is 0.326 e. The van der Waals surface area contributed by atoms with Crippen molar-refractivity contribution in [1.82, 2.24) is 5.32 Å². The summed E-state index contributed by atoms with van der Waals surface area (Å²) in [7, 11) is 1.40. The van der Waals surface area contributed by atoms with E-state index in [2.05, 4.69) is 10.6 Å². The highest BCUT2D eigenvalue weighted by Gasteiger charge is 2.24. The molecule has 23 heavy (non-hydrogen) atoms. The molecule has 0 spiro atoms. The van der Waals surface area contributed by atoms with Crippen LogP contribution in [0.1, 0.15) is 35.5 Å². The SMILES string of the molecule is COCC(=O)Nc1sc(C)cc1C(=O)NC(CC(C)C)C(=O)O. The van der Waals surface area contributed by atoms with Gasteiger partial charge in [-0.05, 0) is 25.3 Å². The van der Waals surface area contributed by atoms with Gasteiger partial charge in [-0.2, -0.15) is 0 Å². The van der Waals surface area contributed by atoms with Crippen molar-refractivity contribution in [3.8, 4) is 0 Å². The summed E-state index contributed by atoms with van der Waals surface area (Å²) in [4.78, 5) is 36.1. The van der Waals surface area contributed by atoms with Gasteiger partial charge in [0, 0.05) is 12.0 Å². The maximum Gasteiger partial charge on any atom is 0.326 e. The van der Waals surface area contributed by atoms with Crippen LogP contribution in [0.15, 0.2) is 6.07 Å². The van der Waals surface area contributed by atoms with E-state index in [-0.39, 0.29) is 24.0 Å². The standard InChI is InChI=1S/C15H22N2O5S/c1-8(2)5-11(15(20)21)16-13(19)10-6-9(3)23-14(10)17-12(18)7-22-4/h6,8,11H,5,7H2,1-4H3,(H,16,19)(H,17,18)(H,20,21). The highest BCUT2D eigenvalue weighted by Crippen LogP contribution is 2.27. The van der Waals surface area contributed by atoms with Gasteiger partial charge in [-0.15, -0.1) is 11.3 Å². The molecule has 128 valence electrons.